The van der Waals surface area contributed by atoms with E-state index in [0.717, 1.165) is 12.2 Å². The van der Waals surface area contributed by atoms with E-state index in [1.165, 1.54) is 0 Å². The molecule has 5 nitrogen and oxygen atoms in total. The summed E-state index contributed by atoms with van der Waals surface area (Å²) >= 11 is 0. The Morgan fingerprint density at radius 1 is 1.55 bits per heavy atom. The molecule has 0 aromatic carbocycles. The third-order valence-electron chi connectivity index (χ3n) is 1.37. The predicted molar refractivity (Wildman–Crippen MR) is 37.7 cm³/mol. The zero-order valence-electron chi connectivity index (χ0n) is 5.81. The van der Waals surface area contributed by atoms with Crippen LogP contribution in [0.15, 0.2) is 24.9 Å². The Morgan fingerprint density at radius 3 is 3.18 bits per heavy atom. The van der Waals surface area contributed by atoms with Crippen molar-refractivity contribution in [2.75, 3.05) is 0 Å². The van der Waals surface area contributed by atoms with E-state index in [1.54, 1.807) is 18.7 Å². The number of aromatic nitrogens is 5. The Hall–Kier alpha value is -1.65. The molecule has 0 radical (unpaired) electrons. The number of nitrogens with zero attached hydrogens (tertiary/aromatic N) is 4. The molecule has 2 aromatic heterocycles. The number of hydrogen-bond donors (Lipinski definition) is 1. The van der Waals surface area contributed by atoms with Crippen molar-refractivity contribution < 1.29 is 0 Å². The molecule has 0 atom stereocenters. The van der Waals surface area contributed by atoms with Crippen LogP contribution in [0.4, 0.5) is 0 Å². The third kappa shape index (κ3) is 1.26. The minimum Gasteiger partial charge on any atom is -0.331 e. The van der Waals surface area contributed by atoms with Gasteiger partial charge in [0.05, 0.1) is 19.1 Å². The number of imidazole rings is 1. The highest BCUT2D eigenvalue weighted by Crippen LogP contribution is 1.93. The van der Waals surface area contributed by atoms with Crippen LogP contribution in [-0.4, -0.2) is 25.0 Å². The molecule has 5 heteroatoms. The summed E-state index contributed by atoms with van der Waals surface area (Å²) in [4.78, 5) is 3.91. The fourth-order valence-electron chi connectivity index (χ4n) is 0.869. The topological polar surface area (TPSA) is 59.4 Å². The predicted octanol–water partition coefficient (Wildman–Crippen LogP) is 0.0495. The molecular formula is C6H7N5. The van der Waals surface area contributed by atoms with E-state index in [0.29, 0.717) is 0 Å². The first kappa shape index (κ1) is 6.09. The van der Waals surface area contributed by atoms with Crippen molar-refractivity contribution in [3.63, 3.8) is 0 Å². The largest absolute Gasteiger partial charge is 0.331 e. The minimum atomic E-state index is 0.719. The molecular weight excluding hydrogens is 142 g/mol. The van der Waals surface area contributed by atoms with Crippen molar-refractivity contribution >= 4 is 0 Å². The van der Waals surface area contributed by atoms with E-state index in [2.05, 4.69) is 20.4 Å². The van der Waals surface area contributed by atoms with Crippen LogP contribution in [0.25, 0.3) is 0 Å². The van der Waals surface area contributed by atoms with Crippen LogP contribution >= 0.6 is 0 Å². The van der Waals surface area contributed by atoms with Gasteiger partial charge in [0.2, 0.25) is 0 Å². The second-order valence-electron chi connectivity index (χ2n) is 2.20. The molecule has 2 aromatic rings. The van der Waals surface area contributed by atoms with Crippen molar-refractivity contribution in [3.05, 3.63) is 30.6 Å². The van der Waals surface area contributed by atoms with E-state index in [1.807, 2.05) is 10.8 Å². The maximum Gasteiger partial charge on any atom is 0.102 e. The average molecular weight is 149 g/mol. The first-order valence-electron chi connectivity index (χ1n) is 3.25. The molecule has 0 bridgehead atoms. The lowest BCUT2D eigenvalue weighted by atomic mass is 10.5. The first-order chi connectivity index (χ1) is 5.45. The number of nitrogens with one attached hydrogen (secondary N) is 1. The van der Waals surface area contributed by atoms with E-state index >= 15 is 0 Å². The molecule has 2 rings (SSSR count). The highest BCUT2D eigenvalue weighted by Gasteiger charge is 1.95. The van der Waals surface area contributed by atoms with Crippen molar-refractivity contribution in [1.82, 2.24) is 25.0 Å². The number of aromatic amines is 1. The van der Waals surface area contributed by atoms with Crippen molar-refractivity contribution in [1.29, 1.82) is 0 Å². The smallest absolute Gasteiger partial charge is 0.102 e. The summed E-state index contributed by atoms with van der Waals surface area (Å²) in [6.07, 6.45) is 7.06. The number of rotatable bonds is 2. The van der Waals surface area contributed by atoms with Crippen LogP contribution in [0.3, 0.4) is 0 Å². The number of H-pyrrole nitrogens is 1. The second kappa shape index (κ2) is 2.53. The lowest BCUT2D eigenvalue weighted by molar-refractivity contribution is 0.765. The Labute approximate surface area is 63.1 Å². The Kier molecular flexibility index (Phi) is 1.40. The Bertz CT molecular complexity index is 263. The normalized spacial score (nSPS) is 10.2. The van der Waals surface area contributed by atoms with Gasteiger partial charge in [-0.2, -0.15) is 15.4 Å². The molecule has 0 aliphatic carbocycles. The Morgan fingerprint density at radius 2 is 2.55 bits per heavy atom. The lowest BCUT2D eigenvalue weighted by Gasteiger charge is -1.94. The van der Waals surface area contributed by atoms with E-state index in [9.17, 15) is 0 Å². The van der Waals surface area contributed by atoms with Gasteiger partial charge in [-0.3, -0.25) is 0 Å². The van der Waals surface area contributed by atoms with Crippen molar-refractivity contribution in [3.8, 4) is 0 Å². The van der Waals surface area contributed by atoms with Crippen molar-refractivity contribution in [2.45, 2.75) is 6.54 Å². The molecule has 0 unspecified atom stereocenters. The molecule has 0 saturated heterocycles. The standard InChI is InChI=1S/C6H7N5/c1-2-11(5-7-1)4-6-3-8-10-9-6/h1-3,5H,4H2,(H,8,9,10). The van der Waals surface area contributed by atoms with Crippen LogP contribution in [0, 0.1) is 0 Å². The molecule has 0 saturated carbocycles. The van der Waals surface area contributed by atoms with Gasteiger partial charge in [-0.05, 0) is 0 Å². The lowest BCUT2D eigenvalue weighted by Crippen LogP contribution is -1.96. The molecule has 0 aliphatic rings. The van der Waals surface area contributed by atoms with E-state index in [-0.39, 0.29) is 0 Å². The molecule has 2 heterocycles. The third-order valence-corrected chi connectivity index (χ3v) is 1.37. The summed E-state index contributed by atoms with van der Waals surface area (Å²) in [5.74, 6) is 0. The molecule has 0 aliphatic heterocycles. The molecule has 1 N–H and O–H groups in total. The molecule has 0 amide bonds. The quantitative estimate of drug-likeness (QED) is 0.656. The highest BCUT2D eigenvalue weighted by molar-refractivity contribution is 4.92. The number of hydrogen-bond acceptors (Lipinski definition) is 3. The van der Waals surface area contributed by atoms with Crippen LogP contribution in [-0.2, 0) is 6.54 Å². The van der Waals surface area contributed by atoms with E-state index in [4.69, 9.17) is 0 Å². The van der Waals surface area contributed by atoms with Gasteiger partial charge in [0.15, 0.2) is 0 Å². The van der Waals surface area contributed by atoms with Gasteiger partial charge in [-0.1, -0.05) is 0 Å². The van der Waals surface area contributed by atoms with Gasteiger partial charge < -0.3 is 4.57 Å². The average Bonchev–Trinajstić information content (AvgIpc) is 2.60. The van der Waals surface area contributed by atoms with Crippen LogP contribution in [0.2, 0.25) is 0 Å². The monoisotopic (exact) mass is 149 g/mol. The fraction of sp³-hybridized carbons (Fsp3) is 0.167. The summed E-state index contributed by atoms with van der Waals surface area (Å²) in [6, 6.07) is 0. The van der Waals surface area contributed by atoms with E-state index < -0.39 is 0 Å². The molecule has 0 fully saturated rings. The van der Waals surface area contributed by atoms with Gasteiger partial charge in [-0.25, -0.2) is 4.98 Å². The zero-order valence-corrected chi connectivity index (χ0v) is 5.81. The summed E-state index contributed by atoms with van der Waals surface area (Å²) < 4.78 is 1.93. The molecule has 0 spiro atoms. The zero-order chi connectivity index (χ0) is 7.52. The maximum atomic E-state index is 3.91. The van der Waals surface area contributed by atoms with Crippen LogP contribution in [0.1, 0.15) is 5.69 Å². The van der Waals surface area contributed by atoms with Crippen LogP contribution < -0.4 is 0 Å². The van der Waals surface area contributed by atoms with Gasteiger partial charge in [0.1, 0.15) is 5.69 Å². The summed E-state index contributed by atoms with van der Waals surface area (Å²) in [6.45, 7) is 0.719. The minimum absolute atomic E-state index is 0.719. The van der Waals surface area contributed by atoms with Gasteiger partial charge >= 0.3 is 0 Å². The van der Waals surface area contributed by atoms with Crippen molar-refractivity contribution in [2.24, 2.45) is 0 Å². The Balaban J connectivity index is 2.14. The van der Waals surface area contributed by atoms with Gasteiger partial charge in [0, 0.05) is 12.4 Å². The summed E-state index contributed by atoms with van der Waals surface area (Å²) in [5.41, 5.74) is 0.906. The van der Waals surface area contributed by atoms with Gasteiger partial charge in [0.25, 0.3) is 0 Å². The second-order valence-corrected chi connectivity index (χ2v) is 2.20. The summed E-state index contributed by atoms with van der Waals surface area (Å²) in [7, 11) is 0. The fourth-order valence-corrected chi connectivity index (χ4v) is 0.869. The highest BCUT2D eigenvalue weighted by atomic mass is 15.3. The SMILES string of the molecule is c1cn(Cc2cn[nH]n2)cn1. The van der Waals surface area contributed by atoms with Crippen LogP contribution in [0.5, 0.6) is 0 Å². The van der Waals surface area contributed by atoms with Gasteiger partial charge in [-0.15, -0.1) is 0 Å². The molecule has 11 heavy (non-hydrogen) atoms. The first-order valence-corrected chi connectivity index (χ1v) is 3.25. The summed E-state index contributed by atoms with van der Waals surface area (Å²) in [5, 5.41) is 10.1. The molecule has 56 valence electrons. The maximum absolute atomic E-state index is 3.91.